The molecule has 25 heavy (non-hydrogen) atoms. The highest BCUT2D eigenvalue weighted by Gasteiger charge is 2.33. The van der Waals surface area contributed by atoms with Gasteiger partial charge in [-0.25, -0.2) is 4.98 Å². The number of hydrogen-bond acceptors (Lipinski definition) is 4. The summed E-state index contributed by atoms with van der Waals surface area (Å²) >= 11 is 0. The van der Waals surface area contributed by atoms with Crippen molar-refractivity contribution in [1.82, 2.24) is 9.88 Å². The lowest BCUT2D eigenvalue weighted by Crippen LogP contribution is -2.43. The van der Waals surface area contributed by atoms with Crippen LogP contribution in [0.3, 0.4) is 0 Å². The van der Waals surface area contributed by atoms with Crippen LogP contribution in [0.15, 0.2) is 35.1 Å². The molecule has 6 nitrogen and oxygen atoms in total. The van der Waals surface area contributed by atoms with Crippen LogP contribution in [-0.4, -0.2) is 34.3 Å². The summed E-state index contributed by atoms with van der Waals surface area (Å²) in [4.78, 5) is 30.8. The van der Waals surface area contributed by atoms with Gasteiger partial charge in [0, 0.05) is 24.2 Å². The number of amides is 2. The molecule has 1 aliphatic heterocycles. The Bertz CT molecular complexity index is 755. The molecule has 0 bridgehead atoms. The van der Waals surface area contributed by atoms with Crippen LogP contribution >= 0.6 is 0 Å². The molecular formula is C19H23N3O3. The number of oxazole rings is 1. The van der Waals surface area contributed by atoms with Crippen LogP contribution in [0.5, 0.6) is 0 Å². The fourth-order valence-electron chi connectivity index (χ4n) is 3.27. The van der Waals surface area contributed by atoms with E-state index in [9.17, 15) is 9.59 Å². The van der Waals surface area contributed by atoms with Crippen molar-refractivity contribution in [3.05, 3.63) is 36.2 Å². The largest absolute Gasteiger partial charge is 0.445 e. The molecule has 2 aromatic rings. The van der Waals surface area contributed by atoms with Crippen LogP contribution in [-0.2, 0) is 9.59 Å². The molecule has 1 saturated heterocycles. The van der Waals surface area contributed by atoms with Crippen LogP contribution in [0, 0.1) is 6.92 Å². The van der Waals surface area contributed by atoms with Gasteiger partial charge >= 0.3 is 0 Å². The molecule has 0 spiro atoms. The molecule has 0 saturated carbocycles. The van der Waals surface area contributed by atoms with Crippen LogP contribution in [0.4, 0.5) is 5.69 Å². The lowest BCUT2D eigenvalue weighted by Gasteiger charge is -2.24. The second kappa shape index (κ2) is 7.51. The van der Waals surface area contributed by atoms with E-state index in [-0.39, 0.29) is 17.9 Å². The van der Waals surface area contributed by atoms with Crippen molar-refractivity contribution in [3.8, 4) is 11.5 Å². The summed E-state index contributed by atoms with van der Waals surface area (Å²) in [5.74, 6) is 0.453. The third-order valence-electron chi connectivity index (χ3n) is 4.59. The molecular weight excluding hydrogens is 318 g/mol. The van der Waals surface area contributed by atoms with Crippen molar-refractivity contribution in [1.29, 1.82) is 0 Å². The normalized spacial score (nSPS) is 16.9. The zero-order valence-electron chi connectivity index (χ0n) is 14.6. The number of anilines is 1. The molecule has 1 aromatic heterocycles. The zero-order valence-corrected chi connectivity index (χ0v) is 14.6. The minimum Gasteiger partial charge on any atom is -0.445 e. The Kier molecular flexibility index (Phi) is 5.16. The SMILES string of the molecule is CCCC(=O)N1CCC[C@@H]1C(=O)Nc1cccc(-c2ncco2)c1C. The van der Waals surface area contributed by atoms with Gasteiger partial charge in [-0.2, -0.15) is 0 Å². The summed E-state index contributed by atoms with van der Waals surface area (Å²) in [5.41, 5.74) is 2.45. The number of carbonyl (C=O) groups is 2. The zero-order chi connectivity index (χ0) is 17.8. The summed E-state index contributed by atoms with van der Waals surface area (Å²) in [6, 6.07) is 5.23. The van der Waals surface area contributed by atoms with Crippen LogP contribution in [0.2, 0.25) is 0 Å². The smallest absolute Gasteiger partial charge is 0.247 e. The van der Waals surface area contributed by atoms with E-state index in [0.29, 0.717) is 25.3 Å². The van der Waals surface area contributed by atoms with Gasteiger partial charge in [0.1, 0.15) is 12.3 Å². The van der Waals surface area contributed by atoms with Gasteiger partial charge in [0.25, 0.3) is 0 Å². The van der Waals surface area contributed by atoms with Gasteiger partial charge < -0.3 is 14.6 Å². The van der Waals surface area contributed by atoms with E-state index in [1.807, 2.05) is 32.0 Å². The first-order chi connectivity index (χ1) is 12.1. The summed E-state index contributed by atoms with van der Waals surface area (Å²) in [7, 11) is 0. The van der Waals surface area contributed by atoms with E-state index in [2.05, 4.69) is 10.3 Å². The first kappa shape index (κ1) is 17.2. The Morgan fingerprint density at radius 1 is 1.40 bits per heavy atom. The van der Waals surface area contributed by atoms with Crippen molar-refractivity contribution in [2.45, 2.75) is 45.6 Å². The van der Waals surface area contributed by atoms with Gasteiger partial charge in [0.2, 0.25) is 17.7 Å². The van der Waals surface area contributed by atoms with Crippen LogP contribution < -0.4 is 5.32 Å². The Hall–Kier alpha value is -2.63. The minimum absolute atomic E-state index is 0.0606. The van der Waals surface area contributed by atoms with Crippen molar-refractivity contribution in [2.24, 2.45) is 0 Å². The molecule has 0 aliphatic carbocycles. The van der Waals surface area contributed by atoms with Gasteiger partial charge in [-0.05, 0) is 43.9 Å². The highest BCUT2D eigenvalue weighted by molar-refractivity contribution is 5.98. The fraction of sp³-hybridized carbons (Fsp3) is 0.421. The standard InChI is InChI=1S/C19H23N3O3/c1-3-6-17(23)22-11-5-9-16(22)18(24)21-15-8-4-7-14(13(15)2)19-20-10-12-25-19/h4,7-8,10,12,16H,3,5-6,9,11H2,1-2H3,(H,21,24)/t16-/m1/s1. The average Bonchev–Trinajstić information content (AvgIpc) is 3.28. The first-order valence-corrected chi connectivity index (χ1v) is 8.71. The molecule has 1 N–H and O–H groups in total. The molecule has 1 fully saturated rings. The van der Waals surface area contributed by atoms with Gasteiger partial charge in [0.15, 0.2) is 0 Å². The average molecular weight is 341 g/mol. The Morgan fingerprint density at radius 2 is 2.24 bits per heavy atom. The molecule has 1 aliphatic rings. The predicted octanol–water partition coefficient (Wildman–Crippen LogP) is 3.38. The Balaban J connectivity index is 1.77. The molecule has 0 unspecified atom stereocenters. The Labute approximate surface area is 147 Å². The van der Waals surface area contributed by atoms with Crippen molar-refractivity contribution < 1.29 is 14.0 Å². The van der Waals surface area contributed by atoms with Crippen molar-refractivity contribution in [2.75, 3.05) is 11.9 Å². The maximum atomic E-state index is 12.7. The number of carbonyl (C=O) groups excluding carboxylic acids is 2. The highest BCUT2D eigenvalue weighted by atomic mass is 16.3. The van der Waals surface area contributed by atoms with E-state index in [0.717, 1.165) is 29.7 Å². The van der Waals surface area contributed by atoms with Gasteiger partial charge in [-0.15, -0.1) is 0 Å². The fourth-order valence-corrected chi connectivity index (χ4v) is 3.27. The molecule has 1 atom stereocenters. The molecule has 132 valence electrons. The number of nitrogens with zero attached hydrogens (tertiary/aromatic N) is 2. The molecule has 6 heteroatoms. The van der Waals surface area contributed by atoms with Crippen molar-refractivity contribution >= 4 is 17.5 Å². The number of likely N-dealkylation sites (tertiary alicyclic amines) is 1. The molecule has 1 aromatic carbocycles. The number of nitrogens with one attached hydrogen (secondary N) is 1. The minimum atomic E-state index is -0.385. The lowest BCUT2D eigenvalue weighted by molar-refractivity contribution is -0.136. The quantitative estimate of drug-likeness (QED) is 0.904. The predicted molar refractivity (Wildman–Crippen MR) is 94.9 cm³/mol. The van der Waals surface area contributed by atoms with Crippen LogP contribution in [0.1, 0.15) is 38.2 Å². The number of benzene rings is 1. The van der Waals surface area contributed by atoms with E-state index >= 15 is 0 Å². The second-order valence-electron chi connectivity index (χ2n) is 6.30. The summed E-state index contributed by atoms with van der Waals surface area (Å²) < 4.78 is 5.36. The Morgan fingerprint density at radius 3 is 2.96 bits per heavy atom. The van der Waals surface area contributed by atoms with Gasteiger partial charge in [0.05, 0.1) is 6.20 Å². The van der Waals surface area contributed by atoms with Gasteiger partial charge in [-0.3, -0.25) is 9.59 Å². The maximum Gasteiger partial charge on any atom is 0.247 e. The summed E-state index contributed by atoms with van der Waals surface area (Å²) in [5, 5.41) is 2.98. The summed E-state index contributed by atoms with van der Waals surface area (Å²) in [6.45, 7) is 4.55. The topological polar surface area (TPSA) is 75.4 Å². The van der Waals surface area contributed by atoms with Gasteiger partial charge in [-0.1, -0.05) is 13.0 Å². The number of rotatable bonds is 5. The van der Waals surface area contributed by atoms with Crippen molar-refractivity contribution in [3.63, 3.8) is 0 Å². The molecule has 0 radical (unpaired) electrons. The van der Waals surface area contributed by atoms with E-state index in [4.69, 9.17) is 4.42 Å². The van der Waals surface area contributed by atoms with Crippen LogP contribution in [0.25, 0.3) is 11.5 Å². The second-order valence-corrected chi connectivity index (χ2v) is 6.30. The highest BCUT2D eigenvalue weighted by Crippen LogP contribution is 2.28. The molecule has 2 heterocycles. The van der Waals surface area contributed by atoms with E-state index in [1.54, 1.807) is 11.1 Å². The lowest BCUT2D eigenvalue weighted by atomic mass is 10.1. The monoisotopic (exact) mass is 341 g/mol. The van der Waals surface area contributed by atoms with E-state index < -0.39 is 0 Å². The molecule has 3 rings (SSSR count). The molecule has 2 amide bonds. The first-order valence-electron chi connectivity index (χ1n) is 8.71. The number of hydrogen-bond donors (Lipinski definition) is 1. The van der Waals surface area contributed by atoms with E-state index in [1.165, 1.54) is 6.26 Å². The maximum absolute atomic E-state index is 12.7. The third-order valence-corrected chi connectivity index (χ3v) is 4.59. The third kappa shape index (κ3) is 3.57. The number of aromatic nitrogens is 1. The summed E-state index contributed by atoms with van der Waals surface area (Å²) in [6.07, 6.45) is 5.97.